The topological polar surface area (TPSA) is 56.1 Å². The lowest BCUT2D eigenvalue weighted by Crippen LogP contribution is -2.43. The molecule has 102 valence electrons. The number of hydrogen-bond donors (Lipinski definition) is 1. The zero-order valence-corrected chi connectivity index (χ0v) is 11.8. The average Bonchev–Trinajstić information content (AvgIpc) is 2.43. The second-order valence-electron chi connectivity index (χ2n) is 5.29. The van der Waals surface area contributed by atoms with Crippen LogP contribution in [0, 0.1) is 23.2 Å². The Hall–Kier alpha value is -1.08. The monoisotopic (exact) mass is 251 g/mol. The fourth-order valence-electron chi connectivity index (χ4n) is 2.81. The van der Waals surface area contributed by atoms with Crippen LogP contribution in [0.3, 0.4) is 0 Å². The molecule has 0 aliphatic heterocycles. The van der Waals surface area contributed by atoms with Crippen molar-refractivity contribution >= 4 is 5.91 Å². The van der Waals surface area contributed by atoms with E-state index < -0.39 is 0 Å². The van der Waals surface area contributed by atoms with Gasteiger partial charge in [0.15, 0.2) is 0 Å². The first-order valence-electron chi connectivity index (χ1n) is 6.92. The Balaban J connectivity index is 2.53. The Kier molecular flexibility index (Phi) is 6.14. The molecule has 18 heavy (non-hydrogen) atoms. The minimum Gasteiger partial charge on any atom is -0.359 e. The molecule has 4 nitrogen and oxygen atoms in total. The van der Waals surface area contributed by atoms with Crippen LogP contribution in [0.25, 0.3) is 0 Å². The molecule has 1 fully saturated rings. The molecule has 1 aliphatic rings. The predicted octanol–water partition coefficient (Wildman–Crippen LogP) is 1.77. The van der Waals surface area contributed by atoms with Gasteiger partial charge in [-0.3, -0.25) is 4.79 Å². The smallest absolute Gasteiger partial charge is 0.221 e. The second-order valence-corrected chi connectivity index (χ2v) is 5.29. The first-order chi connectivity index (χ1) is 8.62. The minimum absolute atomic E-state index is 0.0678. The van der Waals surface area contributed by atoms with Crippen molar-refractivity contribution in [3.05, 3.63) is 0 Å². The van der Waals surface area contributed by atoms with Crippen molar-refractivity contribution in [2.24, 2.45) is 11.8 Å². The molecule has 0 aromatic rings. The van der Waals surface area contributed by atoms with Gasteiger partial charge in [0.2, 0.25) is 5.91 Å². The first kappa shape index (κ1) is 15.0. The first-order valence-corrected chi connectivity index (χ1v) is 6.92. The number of rotatable bonds is 5. The van der Waals surface area contributed by atoms with Crippen LogP contribution in [0.1, 0.15) is 39.0 Å². The molecular weight excluding hydrogens is 226 g/mol. The van der Waals surface area contributed by atoms with Gasteiger partial charge in [-0.25, -0.2) is 0 Å². The van der Waals surface area contributed by atoms with Crippen LogP contribution in [0.15, 0.2) is 0 Å². The normalized spacial score (nSPS) is 27.8. The summed E-state index contributed by atoms with van der Waals surface area (Å²) in [6, 6.07) is 2.76. The predicted molar refractivity (Wildman–Crippen MR) is 71.8 cm³/mol. The number of nitriles is 1. The fourth-order valence-corrected chi connectivity index (χ4v) is 2.81. The van der Waals surface area contributed by atoms with Crippen LogP contribution in [-0.4, -0.2) is 37.5 Å². The van der Waals surface area contributed by atoms with Gasteiger partial charge in [-0.05, 0) is 32.2 Å². The average molecular weight is 251 g/mol. The van der Waals surface area contributed by atoms with Crippen LogP contribution in [0.2, 0.25) is 0 Å². The maximum absolute atomic E-state index is 11.3. The standard InChI is InChI=1S/C14H25N3O/c1-4-11-5-6-12(10-15)13(9-11)17(3)8-7-14(18)16-2/h11-13H,4-9H2,1-3H3,(H,16,18). The van der Waals surface area contributed by atoms with E-state index in [9.17, 15) is 10.1 Å². The zero-order chi connectivity index (χ0) is 13.5. The molecule has 1 saturated carbocycles. The Bertz CT molecular complexity index is 311. The van der Waals surface area contributed by atoms with E-state index in [1.807, 2.05) is 7.05 Å². The van der Waals surface area contributed by atoms with Crippen molar-refractivity contribution in [2.75, 3.05) is 20.6 Å². The summed E-state index contributed by atoms with van der Waals surface area (Å²) in [5, 5.41) is 11.9. The summed E-state index contributed by atoms with van der Waals surface area (Å²) in [7, 11) is 3.70. The van der Waals surface area contributed by atoms with Gasteiger partial charge in [-0.2, -0.15) is 5.26 Å². The van der Waals surface area contributed by atoms with Crippen LogP contribution < -0.4 is 5.32 Å². The molecule has 0 bridgehead atoms. The number of carbonyl (C=O) groups excluding carboxylic acids is 1. The number of nitrogens with one attached hydrogen (secondary N) is 1. The number of hydrogen-bond acceptors (Lipinski definition) is 3. The highest BCUT2D eigenvalue weighted by atomic mass is 16.1. The Labute approximate surface area is 110 Å². The second kappa shape index (κ2) is 7.38. The van der Waals surface area contributed by atoms with E-state index in [4.69, 9.17) is 0 Å². The summed E-state index contributed by atoms with van der Waals surface area (Å²) >= 11 is 0. The van der Waals surface area contributed by atoms with E-state index in [-0.39, 0.29) is 11.8 Å². The molecule has 1 aliphatic carbocycles. The molecular formula is C14H25N3O. The molecule has 0 heterocycles. The van der Waals surface area contributed by atoms with Gasteiger partial charge >= 0.3 is 0 Å². The number of nitrogens with zero attached hydrogens (tertiary/aromatic N) is 2. The van der Waals surface area contributed by atoms with Gasteiger partial charge in [0.05, 0.1) is 12.0 Å². The molecule has 1 amide bonds. The molecule has 0 aromatic carbocycles. The molecule has 1 rings (SSSR count). The van der Waals surface area contributed by atoms with E-state index >= 15 is 0 Å². The van der Waals surface area contributed by atoms with Gasteiger partial charge < -0.3 is 10.2 Å². The van der Waals surface area contributed by atoms with E-state index in [2.05, 4.69) is 23.2 Å². The van der Waals surface area contributed by atoms with Gasteiger partial charge in [-0.15, -0.1) is 0 Å². The molecule has 3 atom stereocenters. The van der Waals surface area contributed by atoms with Gasteiger partial charge in [0.1, 0.15) is 0 Å². The lowest BCUT2D eigenvalue weighted by molar-refractivity contribution is -0.121. The summed E-state index contributed by atoms with van der Waals surface area (Å²) in [4.78, 5) is 13.5. The van der Waals surface area contributed by atoms with Crippen molar-refractivity contribution in [3.63, 3.8) is 0 Å². The van der Waals surface area contributed by atoms with E-state index in [0.29, 0.717) is 12.5 Å². The molecule has 0 radical (unpaired) electrons. The van der Waals surface area contributed by atoms with Crippen molar-refractivity contribution < 1.29 is 4.79 Å². The van der Waals surface area contributed by atoms with Crippen LogP contribution >= 0.6 is 0 Å². The summed E-state index contributed by atoms with van der Waals surface area (Å²) in [6.45, 7) is 2.96. The van der Waals surface area contributed by atoms with Gasteiger partial charge in [0, 0.05) is 26.1 Å². The maximum atomic E-state index is 11.3. The summed E-state index contributed by atoms with van der Waals surface area (Å²) in [5.74, 6) is 0.933. The number of amides is 1. The molecule has 4 heteroatoms. The maximum Gasteiger partial charge on any atom is 0.221 e. The highest BCUT2D eigenvalue weighted by molar-refractivity contribution is 5.75. The molecule has 0 saturated heterocycles. The Morgan fingerprint density at radius 1 is 1.50 bits per heavy atom. The highest BCUT2D eigenvalue weighted by Gasteiger charge is 2.32. The summed E-state index contributed by atoms with van der Waals surface area (Å²) in [6.07, 6.45) is 4.98. The lowest BCUT2D eigenvalue weighted by atomic mass is 9.77. The van der Waals surface area contributed by atoms with Crippen molar-refractivity contribution in [1.82, 2.24) is 10.2 Å². The molecule has 0 aromatic heterocycles. The highest BCUT2D eigenvalue weighted by Crippen LogP contribution is 2.33. The van der Waals surface area contributed by atoms with Crippen molar-refractivity contribution in [1.29, 1.82) is 5.26 Å². The third kappa shape index (κ3) is 3.99. The summed E-state index contributed by atoms with van der Waals surface area (Å²) < 4.78 is 0. The minimum atomic E-state index is 0.0678. The SMILES string of the molecule is CCC1CCC(C#N)C(N(C)CCC(=O)NC)C1. The third-order valence-corrected chi connectivity index (χ3v) is 4.20. The van der Waals surface area contributed by atoms with Gasteiger partial charge in [0.25, 0.3) is 0 Å². The van der Waals surface area contributed by atoms with Crippen LogP contribution in [0.4, 0.5) is 0 Å². The van der Waals surface area contributed by atoms with E-state index in [0.717, 1.165) is 25.3 Å². The van der Waals surface area contributed by atoms with Gasteiger partial charge in [-0.1, -0.05) is 13.3 Å². The van der Waals surface area contributed by atoms with Crippen LogP contribution in [-0.2, 0) is 4.79 Å². The van der Waals surface area contributed by atoms with Crippen LogP contribution in [0.5, 0.6) is 0 Å². The zero-order valence-electron chi connectivity index (χ0n) is 11.8. The Morgan fingerprint density at radius 3 is 2.78 bits per heavy atom. The number of carbonyl (C=O) groups is 1. The lowest BCUT2D eigenvalue weighted by Gasteiger charge is -2.38. The fraction of sp³-hybridized carbons (Fsp3) is 0.857. The quantitative estimate of drug-likeness (QED) is 0.810. The van der Waals surface area contributed by atoms with Crippen molar-refractivity contribution in [3.8, 4) is 6.07 Å². The van der Waals surface area contributed by atoms with Crippen molar-refractivity contribution in [2.45, 2.75) is 45.1 Å². The summed E-state index contributed by atoms with van der Waals surface area (Å²) in [5.41, 5.74) is 0. The Morgan fingerprint density at radius 2 is 2.22 bits per heavy atom. The molecule has 3 unspecified atom stereocenters. The van der Waals surface area contributed by atoms with E-state index in [1.54, 1.807) is 7.05 Å². The molecule has 0 spiro atoms. The third-order valence-electron chi connectivity index (χ3n) is 4.20. The van der Waals surface area contributed by atoms with E-state index in [1.165, 1.54) is 12.8 Å². The molecule has 1 N–H and O–H groups in total. The largest absolute Gasteiger partial charge is 0.359 e.